The van der Waals surface area contributed by atoms with E-state index in [1.165, 1.54) is 6.20 Å². The van der Waals surface area contributed by atoms with E-state index in [-0.39, 0.29) is 11.6 Å². The van der Waals surface area contributed by atoms with E-state index < -0.39 is 0 Å². The number of benzene rings is 1. The van der Waals surface area contributed by atoms with E-state index in [1.54, 1.807) is 30.3 Å². The number of anilines is 2. The Morgan fingerprint density at radius 2 is 2.00 bits per heavy atom. The van der Waals surface area contributed by atoms with E-state index in [0.29, 0.717) is 21.8 Å². The van der Waals surface area contributed by atoms with Crippen LogP contribution in [0.25, 0.3) is 0 Å². The summed E-state index contributed by atoms with van der Waals surface area (Å²) in [5.74, 6) is -0.0548. The lowest BCUT2D eigenvalue weighted by molar-refractivity contribution is 0.103. The Kier molecular flexibility index (Phi) is 2.97. The van der Waals surface area contributed by atoms with Gasteiger partial charge in [0.05, 0.1) is 5.56 Å². The minimum atomic E-state index is -0.246. The molecular formula is C12H10ClN3O. The first-order valence-electron chi connectivity index (χ1n) is 4.89. The zero-order chi connectivity index (χ0) is 12.4. The number of ketones is 1. The van der Waals surface area contributed by atoms with Crippen molar-refractivity contribution in [3.8, 4) is 0 Å². The van der Waals surface area contributed by atoms with E-state index in [2.05, 4.69) is 4.98 Å². The fourth-order valence-electron chi connectivity index (χ4n) is 1.51. The molecule has 0 amide bonds. The molecule has 0 bridgehead atoms. The molecule has 0 radical (unpaired) electrons. The maximum absolute atomic E-state index is 12.1. The quantitative estimate of drug-likeness (QED) is 0.629. The lowest BCUT2D eigenvalue weighted by Crippen LogP contribution is -2.07. The van der Waals surface area contributed by atoms with Crippen LogP contribution in [0.5, 0.6) is 0 Å². The average Bonchev–Trinajstić information content (AvgIpc) is 2.27. The minimum absolute atomic E-state index is 0.191. The molecule has 0 saturated heterocycles. The van der Waals surface area contributed by atoms with Gasteiger partial charge in [0.15, 0.2) is 5.78 Å². The second kappa shape index (κ2) is 4.43. The van der Waals surface area contributed by atoms with Crippen LogP contribution in [0.4, 0.5) is 11.5 Å². The second-order valence-corrected chi connectivity index (χ2v) is 3.98. The monoisotopic (exact) mass is 247 g/mol. The Morgan fingerprint density at radius 3 is 2.65 bits per heavy atom. The molecule has 1 aromatic carbocycles. The number of hydrogen-bond acceptors (Lipinski definition) is 4. The van der Waals surface area contributed by atoms with Crippen molar-refractivity contribution in [2.75, 3.05) is 11.5 Å². The predicted molar refractivity (Wildman–Crippen MR) is 67.9 cm³/mol. The van der Waals surface area contributed by atoms with Crippen LogP contribution in [0.1, 0.15) is 15.9 Å². The second-order valence-electron chi connectivity index (χ2n) is 3.54. The molecule has 5 heteroatoms. The van der Waals surface area contributed by atoms with E-state index in [4.69, 9.17) is 23.1 Å². The lowest BCUT2D eigenvalue weighted by Gasteiger charge is -2.05. The number of hydrogen-bond donors (Lipinski definition) is 2. The number of nitrogens with zero attached hydrogens (tertiary/aromatic N) is 1. The van der Waals surface area contributed by atoms with Crippen LogP contribution in [0.15, 0.2) is 36.5 Å². The molecule has 86 valence electrons. The molecular weight excluding hydrogens is 238 g/mol. The highest BCUT2D eigenvalue weighted by Gasteiger charge is 2.13. The van der Waals surface area contributed by atoms with Crippen molar-refractivity contribution in [2.24, 2.45) is 0 Å². The first-order valence-corrected chi connectivity index (χ1v) is 5.27. The van der Waals surface area contributed by atoms with Gasteiger partial charge in [-0.2, -0.15) is 0 Å². The van der Waals surface area contributed by atoms with Crippen LogP contribution in [-0.4, -0.2) is 10.8 Å². The first-order chi connectivity index (χ1) is 8.08. The van der Waals surface area contributed by atoms with Gasteiger partial charge in [0, 0.05) is 22.5 Å². The summed E-state index contributed by atoms with van der Waals surface area (Å²) >= 11 is 5.84. The average molecular weight is 248 g/mol. The van der Waals surface area contributed by atoms with Crippen LogP contribution >= 0.6 is 11.6 Å². The van der Waals surface area contributed by atoms with Crippen molar-refractivity contribution in [1.82, 2.24) is 4.98 Å². The van der Waals surface area contributed by atoms with Crippen molar-refractivity contribution in [2.45, 2.75) is 0 Å². The van der Waals surface area contributed by atoms with Crippen molar-refractivity contribution < 1.29 is 4.79 Å². The first kappa shape index (κ1) is 11.4. The van der Waals surface area contributed by atoms with Crippen LogP contribution < -0.4 is 11.5 Å². The number of nitrogens with two attached hydrogens (primary N) is 2. The summed E-state index contributed by atoms with van der Waals surface area (Å²) in [5, 5.41) is 0.413. The van der Waals surface area contributed by atoms with Crippen molar-refractivity contribution in [1.29, 1.82) is 0 Å². The van der Waals surface area contributed by atoms with Crippen LogP contribution in [0.3, 0.4) is 0 Å². The molecule has 1 aromatic heterocycles. The Hall–Kier alpha value is -2.07. The number of pyridine rings is 1. The largest absolute Gasteiger partial charge is 0.399 e. The Balaban J connectivity index is 2.48. The molecule has 1 heterocycles. The Bertz CT molecular complexity index is 563. The van der Waals surface area contributed by atoms with E-state index in [1.807, 2.05) is 0 Å². The van der Waals surface area contributed by atoms with Crippen LogP contribution in [-0.2, 0) is 0 Å². The Labute approximate surface area is 103 Å². The van der Waals surface area contributed by atoms with Gasteiger partial charge in [-0.25, -0.2) is 4.98 Å². The zero-order valence-corrected chi connectivity index (χ0v) is 9.61. The number of halogens is 1. The minimum Gasteiger partial charge on any atom is -0.399 e. The molecule has 0 unspecified atom stereocenters. The van der Waals surface area contributed by atoms with E-state index in [9.17, 15) is 4.79 Å². The molecule has 2 aromatic rings. The summed E-state index contributed by atoms with van der Waals surface area (Å²) in [4.78, 5) is 16.0. The number of nitrogen functional groups attached to an aromatic ring is 2. The number of rotatable bonds is 2. The third-order valence-corrected chi connectivity index (χ3v) is 2.48. The van der Waals surface area contributed by atoms with Gasteiger partial charge in [0.25, 0.3) is 0 Å². The number of carbonyl (C=O) groups excluding carboxylic acids is 1. The molecule has 2 rings (SSSR count). The highest BCUT2D eigenvalue weighted by atomic mass is 35.5. The fourth-order valence-corrected chi connectivity index (χ4v) is 1.75. The highest BCUT2D eigenvalue weighted by molar-refractivity contribution is 6.31. The number of carbonyl (C=O) groups is 1. The topological polar surface area (TPSA) is 82.0 Å². The maximum atomic E-state index is 12.1. The van der Waals surface area contributed by atoms with Gasteiger partial charge in [-0.1, -0.05) is 11.6 Å². The molecule has 0 saturated carbocycles. The molecule has 0 aliphatic carbocycles. The maximum Gasteiger partial charge on any atom is 0.196 e. The zero-order valence-electron chi connectivity index (χ0n) is 8.85. The Morgan fingerprint density at radius 1 is 1.24 bits per heavy atom. The normalized spacial score (nSPS) is 10.2. The molecule has 17 heavy (non-hydrogen) atoms. The summed E-state index contributed by atoms with van der Waals surface area (Å²) in [6.07, 6.45) is 1.53. The fraction of sp³-hybridized carbons (Fsp3) is 0. The molecule has 0 aliphatic heterocycles. The third-order valence-electron chi connectivity index (χ3n) is 2.27. The molecule has 4 N–H and O–H groups in total. The van der Waals surface area contributed by atoms with Gasteiger partial charge < -0.3 is 11.5 Å². The summed E-state index contributed by atoms with van der Waals surface area (Å²) in [7, 11) is 0. The van der Waals surface area contributed by atoms with Crippen LogP contribution in [0, 0.1) is 0 Å². The number of aromatic nitrogens is 1. The summed E-state index contributed by atoms with van der Waals surface area (Å²) in [6.45, 7) is 0. The van der Waals surface area contributed by atoms with Gasteiger partial charge in [0.2, 0.25) is 0 Å². The highest BCUT2D eigenvalue weighted by Crippen LogP contribution is 2.20. The molecule has 0 aliphatic rings. The van der Waals surface area contributed by atoms with Gasteiger partial charge in [-0.3, -0.25) is 4.79 Å². The molecule has 0 fully saturated rings. The van der Waals surface area contributed by atoms with Gasteiger partial charge in [0.1, 0.15) is 5.82 Å². The molecule has 0 atom stereocenters. The van der Waals surface area contributed by atoms with E-state index >= 15 is 0 Å². The van der Waals surface area contributed by atoms with Crippen molar-refractivity contribution >= 4 is 28.9 Å². The standard InChI is InChI=1S/C12H10ClN3O/c13-8-4-7(5-9(14)6-8)11(17)10-2-1-3-16-12(10)15/h1-6H,14H2,(H2,15,16). The molecule has 0 spiro atoms. The lowest BCUT2D eigenvalue weighted by atomic mass is 10.0. The summed E-state index contributed by atoms with van der Waals surface area (Å²) < 4.78 is 0. The van der Waals surface area contributed by atoms with Gasteiger partial charge >= 0.3 is 0 Å². The third kappa shape index (κ3) is 2.37. The summed E-state index contributed by atoms with van der Waals surface area (Å²) in [5.41, 5.74) is 12.4. The van der Waals surface area contributed by atoms with Crippen molar-refractivity contribution in [3.63, 3.8) is 0 Å². The van der Waals surface area contributed by atoms with Crippen LogP contribution in [0.2, 0.25) is 5.02 Å². The summed E-state index contributed by atoms with van der Waals surface area (Å²) in [6, 6.07) is 7.94. The van der Waals surface area contributed by atoms with Crippen molar-refractivity contribution in [3.05, 3.63) is 52.7 Å². The molecule has 4 nitrogen and oxygen atoms in total. The SMILES string of the molecule is Nc1cc(Cl)cc(C(=O)c2cccnc2N)c1. The smallest absolute Gasteiger partial charge is 0.196 e. The predicted octanol–water partition coefficient (Wildman–Crippen LogP) is 2.13. The van der Waals surface area contributed by atoms with E-state index in [0.717, 1.165) is 0 Å². The van der Waals surface area contributed by atoms with Gasteiger partial charge in [-0.05, 0) is 30.3 Å². The van der Waals surface area contributed by atoms with Gasteiger partial charge in [-0.15, -0.1) is 0 Å².